The van der Waals surface area contributed by atoms with Crippen LogP contribution in [0, 0.1) is 0 Å². The summed E-state index contributed by atoms with van der Waals surface area (Å²) in [4.78, 5) is 0. The van der Waals surface area contributed by atoms with Crippen LogP contribution >= 0.6 is 0 Å². The molecule has 2 aliphatic heterocycles. The Balaban J connectivity index is 1.66. The molecule has 1 aromatic heterocycles. The summed E-state index contributed by atoms with van der Waals surface area (Å²) in [5.41, 5.74) is 4.51. The van der Waals surface area contributed by atoms with Crippen molar-refractivity contribution in [1.29, 1.82) is 0 Å². The van der Waals surface area contributed by atoms with E-state index in [0.29, 0.717) is 5.25 Å². The van der Waals surface area contributed by atoms with E-state index in [9.17, 15) is 4.21 Å². The molecule has 2 bridgehead atoms. The lowest BCUT2D eigenvalue weighted by molar-refractivity contribution is 0.579. The average Bonchev–Trinajstić information content (AvgIpc) is 2.92. The number of hydrogen-bond acceptors (Lipinski definition) is 2. The van der Waals surface area contributed by atoms with Gasteiger partial charge >= 0.3 is 0 Å². The lowest BCUT2D eigenvalue weighted by Gasteiger charge is -2.32. The van der Waals surface area contributed by atoms with E-state index >= 15 is 0 Å². The van der Waals surface area contributed by atoms with Crippen LogP contribution in [0.4, 0.5) is 0 Å². The highest BCUT2D eigenvalue weighted by molar-refractivity contribution is 7.86. The van der Waals surface area contributed by atoms with Crippen LogP contribution in [-0.2, 0) is 10.8 Å². The van der Waals surface area contributed by atoms with Gasteiger partial charge in [0.25, 0.3) is 0 Å². The third kappa shape index (κ3) is 2.10. The van der Waals surface area contributed by atoms with Crippen molar-refractivity contribution in [1.82, 2.24) is 0 Å². The number of fused-ring (bicyclic) bond motifs is 5. The van der Waals surface area contributed by atoms with Crippen LogP contribution in [0.25, 0.3) is 27.5 Å². The summed E-state index contributed by atoms with van der Waals surface area (Å²) in [6.45, 7) is 0. The van der Waals surface area contributed by atoms with Crippen molar-refractivity contribution >= 4 is 38.3 Å². The maximum atomic E-state index is 12.4. The molecular formula is C20H18O2S. The summed E-state index contributed by atoms with van der Waals surface area (Å²) < 4.78 is 18.3. The zero-order valence-electron chi connectivity index (χ0n) is 12.8. The molecule has 5 rings (SSSR count). The molecule has 2 aliphatic rings. The fraction of sp³-hybridized carbons (Fsp3) is 0.300. The van der Waals surface area contributed by atoms with Gasteiger partial charge in [-0.3, -0.25) is 4.21 Å². The molecule has 3 unspecified atom stereocenters. The second-order valence-corrected chi connectivity index (χ2v) is 8.55. The zero-order valence-corrected chi connectivity index (χ0v) is 13.6. The van der Waals surface area contributed by atoms with E-state index in [1.165, 1.54) is 28.3 Å². The van der Waals surface area contributed by atoms with E-state index in [-0.39, 0.29) is 5.25 Å². The third-order valence-corrected chi connectivity index (χ3v) is 7.25. The van der Waals surface area contributed by atoms with Crippen molar-refractivity contribution in [2.45, 2.75) is 36.2 Å². The fourth-order valence-electron chi connectivity index (χ4n) is 4.04. The van der Waals surface area contributed by atoms with Gasteiger partial charge in [0.05, 0.1) is 5.25 Å². The maximum absolute atomic E-state index is 12.4. The Bertz CT molecular complexity index is 966. The minimum Gasteiger partial charge on any atom is -0.456 e. The molecule has 3 heterocycles. The Kier molecular flexibility index (Phi) is 2.99. The zero-order chi connectivity index (χ0) is 15.4. The summed E-state index contributed by atoms with van der Waals surface area (Å²) in [6, 6.07) is 14.7. The molecule has 1 fully saturated rings. The van der Waals surface area contributed by atoms with Crippen molar-refractivity contribution in [3.05, 3.63) is 54.1 Å². The van der Waals surface area contributed by atoms with E-state index in [2.05, 4.69) is 36.4 Å². The molecule has 23 heavy (non-hydrogen) atoms. The summed E-state index contributed by atoms with van der Waals surface area (Å²) in [7, 11) is -0.667. The Morgan fingerprint density at radius 3 is 2.78 bits per heavy atom. The van der Waals surface area contributed by atoms with Crippen molar-refractivity contribution in [3.63, 3.8) is 0 Å². The van der Waals surface area contributed by atoms with Crippen molar-refractivity contribution in [3.8, 4) is 0 Å². The second kappa shape index (κ2) is 5.07. The van der Waals surface area contributed by atoms with E-state index < -0.39 is 10.8 Å². The van der Waals surface area contributed by atoms with Gasteiger partial charge in [-0.1, -0.05) is 36.8 Å². The molecule has 0 radical (unpaired) electrons. The first-order valence-electron chi connectivity index (χ1n) is 8.31. The van der Waals surface area contributed by atoms with Crippen LogP contribution in [0.5, 0.6) is 0 Å². The monoisotopic (exact) mass is 322 g/mol. The Morgan fingerprint density at radius 1 is 1.00 bits per heavy atom. The van der Waals surface area contributed by atoms with Crippen LogP contribution in [0.1, 0.15) is 31.2 Å². The Labute approximate surface area is 137 Å². The van der Waals surface area contributed by atoms with Crippen LogP contribution in [0.3, 0.4) is 0 Å². The molecule has 3 heteroatoms. The van der Waals surface area contributed by atoms with Crippen LogP contribution in [0.2, 0.25) is 0 Å². The number of hydrogen-bond donors (Lipinski definition) is 0. The van der Waals surface area contributed by atoms with Crippen molar-refractivity contribution in [2.24, 2.45) is 0 Å². The Hall–Kier alpha value is -1.87. The molecule has 0 saturated carbocycles. The van der Waals surface area contributed by atoms with Gasteiger partial charge in [0.2, 0.25) is 0 Å². The van der Waals surface area contributed by atoms with Gasteiger partial charge in [0.15, 0.2) is 0 Å². The number of allylic oxidation sites excluding steroid dienone is 1. The fourth-order valence-corrected chi connectivity index (χ4v) is 5.97. The number of rotatable bonds is 1. The maximum Gasteiger partial charge on any atom is 0.135 e. The smallest absolute Gasteiger partial charge is 0.135 e. The molecule has 2 nitrogen and oxygen atoms in total. The van der Waals surface area contributed by atoms with Gasteiger partial charge in [0, 0.05) is 26.8 Å². The minimum absolute atomic E-state index is 0.259. The minimum atomic E-state index is -0.667. The lowest BCUT2D eigenvalue weighted by atomic mass is 9.92. The molecule has 116 valence electrons. The average molecular weight is 322 g/mol. The molecule has 3 aromatic rings. The predicted molar refractivity (Wildman–Crippen MR) is 95.9 cm³/mol. The van der Waals surface area contributed by atoms with Gasteiger partial charge in [0.1, 0.15) is 11.2 Å². The predicted octanol–water partition coefficient (Wildman–Crippen LogP) is 5.04. The first-order valence-corrected chi connectivity index (χ1v) is 9.59. The standard InChI is InChI=1S/C20H18O2S/c21-23-15-4-3-5-16(23)11-14(10-15)13-8-9-20-18(12-13)17-6-1-2-7-19(17)22-20/h1-2,6-10,12,15-16H,3-5,11H2. The molecule has 0 spiro atoms. The normalized spacial score (nSPS) is 27.3. The highest BCUT2D eigenvalue weighted by atomic mass is 32.2. The van der Waals surface area contributed by atoms with E-state index in [1.54, 1.807) is 0 Å². The van der Waals surface area contributed by atoms with Gasteiger partial charge < -0.3 is 4.42 Å². The quantitative estimate of drug-likeness (QED) is 0.628. The van der Waals surface area contributed by atoms with E-state index in [1.807, 2.05) is 12.1 Å². The third-order valence-electron chi connectivity index (χ3n) is 5.22. The first-order chi connectivity index (χ1) is 11.3. The molecule has 0 N–H and O–H groups in total. The molecule has 3 atom stereocenters. The van der Waals surface area contributed by atoms with Gasteiger partial charge in [-0.2, -0.15) is 0 Å². The number of furan rings is 1. The largest absolute Gasteiger partial charge is 0.456 e. The van der Waals surface area contributed by atoms with Gasteiger partial charge in [-0.15, -0.1) is 0 Å². The van der Waals surface area contributed by atoms with Crippen LogP contribution < -0.4 is 0 Å². The molecule has 0 amide bonds. The first kappa shape index (κ1) is 13.6. The molecule has 0 aliphatic carbocycles. The summed E-state index contributed by atoms with van der Waals surface area (Å²) in [5, 5.41) is 2.96. The van der Waals surface area contributed by atoms with Gasteiger partial charge in [-0.05, 0) is 48.6 Å². The highest BCUT2D eigenvalue weighted by Crippen LogP contribution is 2.38. The Morgan fingerprint density at radius 2 is 1.87 bits per heavy atom. The van der Waals surface area contributed by atoms with Crippen LogP contribution in [0.15, 0.2) is 53.0 Å². The topological polar surface area (TPSA) is 30.2 Å². The summed E-state index contributed by atoms with van der Waals surface area (Å²) in [5.74, 6) is 0. The van der Waals surface area contributed by atoms with E-state index in [4.69, 9.17) is 4.42 Å². The van der Waals surface area contributed by atoms with E-state index in [0.717, 1.165) is 30.4 Å². The summed E-state index contributed by atoms with van der Waals surface area (Å²) in [6.07, 6.45) is 6.62. The molecule has 2 aromatic carbocycles. The van der Waals surface area contributed by atoms with Crippen LogP contribution in [-0.4, -0.2) is 14.7 Å². The van der Waals surface area contributed by atoms with Gasteiger partial charge in [-0.25, -0.2) is 0 Å². The molecular weight excluding hydrogens is 304 g/mol. The summed E-state index contributed by atoms with van der Waals surface area (Å²) >= 11 is 0. The van der Waals surface area contributed by atoms with Crippen molar-refractivity contribution in [2.75, 3.05) is 0 Å². The molecule has 1 saturated heterocycles. The SMILES string of the molecule is O=S1C2C=C(c3ccc4oc5ccccc5c4c3)CC1CCC2. The number of para-hydroxylation sites is 1. The number of benzene rings is 2. The lowest BCUT2D eigenvalue weighted by Crippen LogP contribution is -2.33. The van der Waals surface area contributed by atoms with Crippen molar-refractivity contribution < 1.29 is 8.63 Å². The highest BCUT2D eigenvalue weighted by Gasteiger charge is 2.33. The second-order valence-electron chi connectivity index (χ2n) is 6.63.